The molecule has 0 fully saturated rings. The Morgan fingerprint density at radius 3 is 2.76 bits per heavy atom. The van der Waals surface area contributed by atoms with E-state index in [2.05, 4.69) is 17.2 Å². The number of nitrogens with zero attached hydrogens (tertiary/aromatic N) is 1. The summed E-state index contributed by atoms with van der Waals surface area (Å²) in [6.07, 6.45) is 0. The molecular weight excluding hydrogens is 284 g/mol. The fourth-order valence-corrected chi connectivity index (χ4v) is 2.38. The molecule has 0 aliphatic heterocycles. The van der Waals surface area contributed by atoms with E-state index in [1.54, 1.807) is 23.6 Å². The molecular formula is C16H12N2O2S. The molecule has 0 saturated heterocycles. The van der Waals surface area contributed by atoms with Crippen LogP contribution in [-0.4, -0.2) is 17.6 Å². The summed E-state index contributed by atoms with van der Waals surface area (Å²) in [7, 11) is 0. The Morgan fingerprint density at radius 2 is 2.10 bits per heavy atom. The summed E-state index contributed by atoms with van der Waals surface area (Å²) in [5.41, 5.74) is 2.07. The number of benzene rings is 1. The van der Waals surface area contributed by atoms with Crippen molar-refractivity contribution in [1.29, 1.82) is 5.26 Å². The van der Waals surface area contributed by atoms with Crippen molar-refractivity contribution in [2.75, 3.05) is 6.61 Å². The molecule has 0 aliphatic carbocycles. The summed E-state index contributed by atoms with van der Waals surface area (Å²) >= 11 is 1.36. The van der Waals surface area contributed by atoms with Gasteiger partial charge in [-0.2, -0.15) is 5.26 Å². The molecule has 104 valence electrons. The van der Waals surface area contributed by atoms with Gasteiger partial charge >= 0.3 is 0 Å². The van der Waals surface area contributed by atoms with Crippen LogP contribution in [-0.2, 0) is 6.54 Å². The van der Waals surface area contributed by atoms with Crippen LogP contribution in [0, 0.1) is 23.2 Å². The maximum absolute atomic E-state index is 12.0. The lowest BCUT2D eigenvalue weighted by atomic mass is 10.1. The second kappa shape index (κ2) is 7.25. The van der Waals surface area contributed by atoms with E-state index in [9.17, 15) is 4.79 Å². The van der Waals surface area contributed by atoms with Crippen LogP contribution >= 0.6 is 11.3 Å². The number of hydrogen-bond donors (Lipinski definition) is 2. The van der Waals surface area contributed by atoms with Gasteiger partial charge in [0.05, 0.1) is 22.1 Å². The van der Waals surface area contributed by atoms with Gasteiger partial charge in [-0.3, -0.25) is 4.79 Å². The molecule has 0 aliphatic rings. The number of aliphatic hydroxyl groups is 1. The molecule has 2 rings (SSSR count). The van der Waals surface area contributed by atoms with Gasteiger partial charge in [-0.05, 0) is 23.8 Å². The van der Waals surface area contributed by atoms with Gasteiger partial charge in [0.2, 0.25) is 0 Å². The van der Waals surface area contributed by atoms with Gasteiger partial charge in [-0.15, -0.1) is 11.3 Å². The number of carbonyl (C=O) groups is 1. The second-order valence-electron chi connectivity index (χ2n) is 4.15. The fraction of sp³-hybridized carbons (Fsp3) is 0.125. The monoisotopic (exact) mass is 296 g/mol. The first-order valence-electron chi connectivity index (χ1n) is 6.18. The van der Waals surface area contributed by atoms with Crippen LogP contribution in [0.1, 0.15) is 26.4 Å². The van der Waals surface area contributed by atoms with Crippen molar-refractivity contribution in [2.45, 2.75) is 6.54 Å². The molecule has 0 saturated carbocycles. The molecule has 1 aromatic heterocycles. The largest absolute Gasteiger partial charge is 0.384 e. The highest BCUT2D eigenvalue weighted by Gasteiger charge is 2.07. The third-order valence-corrected chi connectivity index (χ3v) is 3.53. The van der Waals surface area contributed by atoms with Gasteiger partial charge in [0.15, 0.2) is 0 Å². The van der Waals surface area contributed by atoms with Crippen LogP contribution < -0.4 is 5.32 Å². The van der Waals surface area contributed by atoms with E-state index in [4.69, 9.17) is 10.4 Å². The number of carbonyl (C=O) groups excluding carboxylic acids is 1. The SMILES string of the molecule is N#Cc1ccc(CNC(=O)c2csc(C#CCO)c2)cc1. The highest BCUT2D eigenvalue weighted by Crippen LogP contribution is 2.13. The number of nitrogens with one attached hydrogen (secondary N) is 1. The van der Waals surface area contributed by atoms with E-state index in [0.29, 0.717) is 17.7 Å². The minimum absolute atomic E-state index is 0.173. The van der Waals surface area contributed by atoms with E-state index in [1.165, 1.54) is 11.3 Å². The molecule has 0 spiro atoms. The molecule has 21 heavy (non-hydrogen) atoms. The zero-order chi connectivity index (χ0) is 15.1. The van der Waals surface area contributed by atoms with Crippen LogP contribution in [0.5, 0.6) is 0 Å². The van der Waals surface area contributed by atoms with Crippen molar-refractivity contribution in [1.82, 2.24) is 5.32 Å². The smallest absolute Gasteiger partial charge is 0.252 e. The Kier molecular flexibility index (Phi) is 5.11. The molecule has 2 N–H and O–H groups in total. The zero-order valence-corrected chi connectivity index (χ0v) is 11.9. The van der Waals surface area contributed by atoms with Crippen molar-refractivity contribution in [2.24, 2.45) is 0 Å². The Hall–Kier alpha value is -2.60. The lowest BCUT2D eigenvalue weighted by Gasteiger charge is -2.03. The molecule has 4 nitrogen and oxygen atoms in total. The standard InChI is InChI=1S/C16H12N2O2S/c17-9-12-3-5-13(6-4-12)10-18-16(20)14-8-15(21-11-14)2-1-7-19/h3-6,8,11,19H,7,10H2,(H,18,20). The number of aliphatic hydroxyl groups excluding tert-OH is 1. The van der Waals surface area contributed by atoms with E-state index in [1.807, 2.05) is 18.2 Å². The van der Waals surface area contributed by atoms with Crippen molar-refractivity contribution in [3.8, 4) is 17.9 Å². The van der Waals surface area contributed by atoms with Crippen molar-refractivity contribution in [3.05, 3.63) is 57.3 Å². The lowest BCUT2D eigenvalue weighted by Crippen LogP contribution is -2.22. The normalized spacial score (nSPS) is 9.33. The van der Waals surface area contributed by atoms with Crippen LogP contribution in [0.2, 0.25) is 0 Å². The average molecular weight is 296 g/mol. The van der Waals surface area contributed by atoms with Crippen molar-refractivity contribution >= 4 is 17.2 Å². The van der Waals surface area contributed by atoms with E-state index < -0.39 is 0 Å². The molecule has 0 radical (unpaired) electrons. The average Bonchev–Trinajstić information content (AvgIpc) is 3.00. The first kappa shape index (κ1) is 14.8. The van der Waals surface area contributed by atoms with Gasteiger partial charge in [0.1, 0.15) is 6.61 Å². The van der Waals surface area contributed by atoms with Crippen LogP contribution in [0.4, 0.5) is 0 Å². The Morgan fingerprint density at radius 1 is 1.33 bits per heavy atom. The van der Waals surface area contributed by atoms with E-state index in [-0.39, 0.29) is 12.5 Å². The van der Waals surface area contributed by atoms with Gasteiger partial charge in [-0.1, -0.05) is 24.0 Å². The van der Waals surface area contributed by atoms with Gasteiger partial charge < -0.3 is 10.4 Å². The highest BCUT2D eigenvalue weighted by atomic mass is 32.1. The van der Waals surface area contributed by atoms with E-state index >= 15 is 0 Å². The quantitative estimate of drug-likeness (QED) is 0.850. The first-order chi connectivity index (χ1) is 10.2. The summed E-state index contributed by atoms with van der Waals surface area (Å²) in [5, 5.41) is 21.9. The van der Waals surface area contributed by atoms with Crippen molar-refractivity contribution < 1.29 is 9.90 Å². The molecule has 1 amide bonds. The van der Waals surface area contributed by atoms with Crippen LogP contribution in [0.25, 0.3) is 0 Å². The molecule has 1 heterocycles. The molecule has 1 aromatic carbocycles. The molecule has 5 heteroatoms. The summed E-state index contributed by atoms with van der Waals surface area (Å²) in [6.45, 7) is 0.205. The van der Waals surface area contributed by atoms with Gasteiger partial charge in [0.25, 0.3) is 5.91 Å². The maximum atomic E-state index is 12.0. The minimum Gasteiger partial charge on any atom is -0.384 e. The third-order valence-electron chi connectivity index (χ3n) is 2.69. The number of amides is 1. The molecule has 0 bridgehead atoms. The Balaban J connectivity index is 1.95. The maximum Gasteiger partial charge on any atom is 0.252 e. The topological polar surface area (TPSA) is 73.1 Å². The predicted octanol–water partition coefficient (Wildman–Crippen LogP) is 1.89. The summed E-state index contributed by atoms with van der Waals surface area (Å²) in [6, 6.07) is 10.8. The number of rotatable bonds is 3. The third kappa shape index (κ3) is 4.19. The molecule has 0 unspecified atom stereocenters. The highest BCUT2D eigenvalue weighted by molar-refractivity contribution is 7.10. The van der Waals surface area contributed by atoms with Crippen molar-refractivity contribution in [3.63, 3.8) is 0 Å². The number of thiophene rings is 1. The van der Waals surface area contributed by atoms with Crippen LogP contribution in [0.15, 0.2) is 35.7 Å². The fourth-order valence-electron chi connectivity index (χ4n) is 1.63. The van der Waals surface area contributed by atoms with Crippen LogP contribution in [0.3, 0.4) is 0 Å². The first-order valence-corrected chi connectivity index (χ1v) is 7.06. The zero-order valence-electron chi connectivity index (χ0n) is 11.1. The molecule has 0 atom stereocenters. The second-order valence-corrected chi connectivity index (χ2v) is 5.06. The minimum atomic E-state index is -0.196. The summed E-state index contributed by atoms with van der Waals surface area (Å²) in [5.74, 6) is 5.13. The van der Waals surface area contributed by atoms with Gasteiger partial charge in [-0.25, -0.2) is 0 Å². The number of hydrogen-bond acceptors (Lipinski definition) is 4. The molecule has 2 aromatic rings. The lowest BCUT2D eigenvalue weighted by molar-refractivity contribution is 0.0951. The predicted molar refractivity (Wildman–Crippen MR) is 80.6 cm³/mol. The Bertz CT molecular complexity index is 730. The summed E-state index contributed by atoms with van der Waals surface area (Å²) in [4.78, 5) is 12.7. The number of nitriles is 1. The Labute approximate surface area is 126 Å². The summed E-state index contributed by atoms with van der Waals surface area (Å²) < 4.78 is 0. The van der Waals surface area contributed by atoms with E-state index in [0.717, 1.165) is 10.4 Å². The van der Waals surface area contributed by atoms with Gasteiger partial charge in [0, 0.05) is 11.9 Å².